The topological polar surface area (TPSA) is 88.0 Å². The summed E-state index contributed by atoms with van der Waals surface area (Å²) >= 11 is 0. The van der Waals surface area contributed by atoms with E-state index >= 15 is 0 Å². The minimum absolute atomic E-state index is 0.0173. The van der Waals surface area contributed by atoms with Crippen LogP contribution in [0.25, 0.3) is 0 Å². The van der Waals surface area contributed by atoms with Crippen LogP contribution in [-0.2, 0) is 9.63 Å². The molecule has 0 saturated heterocycles. The SMILES string of the molecule is O=C(CO/N=C/c1ccccc1)Nc1ccccc1C(=O)O. The van der Waals surface area contributed by atoms with Gasteiger partial charge in [0.25, 0.3) is 5.91 Å². The van der Waals surface area contributed by atoms with Gasteiger partial charge in [0.2, 0.25) is 0 Å². The Kier molecular flexibility index (Phi) is 5.25. The van der Waals surface area contributed by atoms with Crippen LogP contribution in [0.15, 0.2) is 59.8 Å². The summed E-state index contributed by atoms with van der Waals surface area (Å²) in [5.41, 5.74) is 1.08. The smallest absolute Gasteiger partial charge is 0.337 e. The summed E-state index contributed by atoms with van der Waals surface area (Å²) in [7, 11) is 0. The fourth-order valence-electron chi connectivity index (χ4n) is 1.70. The van der Waals surface area contributed by atoms with Gasteiger partial charge in [0.1, 0.15) is 0 Å². The molecule has 0 fully saturated rings. The second kappa shape index (κ2) is 7.58. The van der Waals surface area contributed by atoms with E-state index in [1.807, 2.05) is 30.3 Å². The molecule has 0 radical (unpaired) electrons. The number of carbonyl (C=O) groups excluding carboxylic acids is 1. The van der Waals surface area contributed by atoms with Crippen molar-refractivity contribution in [2.75, 3.05) is 11.9 Å². The van der Waals surface area contributed by atoms with E-state index in [9.17, 15) is 9.59 Å². The van der Waals surface area contributed by atoms with E-state index in [-0.39, 0.29) is 17.9 Å². The van der Waals surface area contributed by atoms with Crippen LogP contribution in [0.2, 0.25) is 0 Å². The summed E-state index contributed by atoms with van der Waals surface area (Å²) in [5.74, 6) is -1.60. The van der Waals surface area contributed by atoms with Crippen molar-refractivity contribution in [1.29, 1.82) is 0 Å². The van der Waals surface area contributed by atoms with Crippen LogP contribution >= 0.6 is 0 Å². The normalized spacial score (nSPS) is 10.4. The summed E-state index contributed by atoms with van der Waals surface area (Å²) in [6.07, 6.45) is 1.48. The number of aromatic carboxylic acids is 1. The van der Waals surface area contributed by atoms with Gasteiger partial charge in [-0.05, 0) is 17.7 Å². The molecule has 0 aliphatic carbocycles. The Morgan fingerprint density at radius 3 is 2.50 bits per heavy atom. The number of carbonyl (C=O) groups is 2. The molecule has 6 heteroatoms. The van der Waals surface area contributed by atoms with Crippen molar-refractivity contribution in [2.24, 2.45) is 5.16 Å². The molecule has 0 bridgehead atoms. The molecule has 0 unspecified atom stereocenters. The molecule has 0 spiro atoms. The van der Waals surface area contributed by atoms with Gasteiger partial charge in [0.15, 0.2) is 6.61 Å². The molecule has 2 aromatic rings. The summed E-state index contributed by atoms with van der Waals surface area (Å²) in [6.45, 7) is -0.308. The molecule has 0 atom stereocenters. The second-order valence-electron chi connectivity index (χ2n) is 4.32. The number of rotatable bonds is 6. The Bertz CT molecular complexity index is 684. The number of para-hydroxylation sites is 1. The lowest BCUT2D eigenvalue weighted by Crippen LogP contribution is -2.18. The average Bonchev–Trinajstić information content (AvgIpc) is 2.53. The highest BCUT2D eigenvalue weighted by molar-refractivity contribution is 6.00. The monoisotopic (exact) mass is 298 g/mol. The molecule has 6 nitrogen and oxygen atoms in total. The largest absolute Gasteiger partial charge is 0.478 e. The standard InChI is InChI=1S/C16H14N2O4/c19-15(11-22-17-10-12-6-2-1-3-7-12)18-14-9-5-4-8-13(14)16(20)21/h1-10H,11H2,(H,18,19)(H,20,21)/b17-10+. The van der Waals surface area contributed by atoms with Crippen LogP contribution in [0.1, 0.15) is 15.9 Å². The Hall–Kier alpha value is -3.15. The lowest BCUT2D eigenvalue weighted by Gasteiger charge is -2.07. The number of hydrogen-bond donors (Lipinski definition) is 2. The van der Waals surface area contributed by atoms with Gasteiger partial charge in [-0.1, -0.05) is 47.6 Å². The summed E-state index contributed by atoms with van der Waals surface area (Å²) in [5, 5.41) is 15.2. The van der Waals surface area contributed by atoms with Crippen molar-refractivity contribution < 1.29 is 19.5 Å². The van der Waals surface area contributed by atoms with Crippen molar-refractivity contribution >= 4 is 23.8 Å². The zero-order valence-electron chi connectivity index (χ0n) is 11.6. The molecule has 0 heterocycles. The lowest BCUT2D eigenvalue weighted by molar-refractivity contribution is -0.120. The van der Waals surface area contributed by atoms with E-state index in [0.717, 1.165) is 5.56 Å². The molecule has 1 amide bonds. The van der Waals surface area contributed by atoms with Gasteiger partial charge in [-0.2, -0.15) is 0 Å². The van der Waals surface area contributed by atoms with Crippen LogP contribution in [0.3, 0.4) is 0 Å². The third kappa shape index (κ3) is 4.45. The quantitative estimate of drug-likeness (QED) is 0.633. The molecule has 0 aliphatic heterocycles. The zero-order valence-corrected chi connectivity index (χ0v) is 11.6. The van der Waals surface area contributed by atoms with E-state index < -0.39 is 11.9 Å². The predicted octanol–water partition coefficient (Wildman–Crippen LogP) is 2.37. The average molecular weight is 298 g/mol. The van der Waals surface area contributed by atoms with Crippen molar-refractivity contribution in [3.8, 4) is 0 Å². The fraction of sp³-hybridized carbons (Fsp3) is 0.0625. The molecule has 0 aromatic heterocycles. The van der Waals surface area contributed by atoms with Gasteiger partial charge in [0.05, 0.1) is 17.5 Å². The number of carboxylic acids is 1. The van der Waals surface area contributed by atoms with E-state index in [1.54, 1.807) is 12.1 Å². The molecule has 0 aliphatic rings. The number of carboxylic acid groups (broad SMARTS) is 1. The minimum atomic E-state index is -1.11. The maximum atomic E-state index is 11.7. The van der Waals surface area contributed by atoms with Crippen molar-refractivity contribution in [2.45, 2.75) is 0 Å². The molecule has 112 valence electrons. The Morgan fingerprint density at radius 2 is 1.77 bits per heavy atom. The summed E-state index contributed by atoms with van der Waals surface area (Å²) in [6, 6.07) is 15.4. The summed E-state index contributed by atoms with van der Waals surface area (Å²) in [4.78, 5) is 27.6. The number of nitrogens with one attached hydrogen (secondary N) is 1. The Labute approximate surface area is 127 Å². The number of oxime groups is 1. The minimum Gasteiger partial charge on any atom is -0.478 e. The number of anilines is 1. The first-order chi connectivity index (χ1) is 10.7. The molecule has 0 saturated carbocycles. The zero-order chi connectivity index (χ0) is 15.8. The van der Waals surface area contributed by atoms with E-state index in [4.69, 9.17) is 9.94 Å². The van der Waals surface area contributed by atoms with Gasteiger partial charge < -0.3 is 15.3 Å². The first kappa shape index (κ1) is 15.2. The third-order valence-electron chi connectivity index (χ3n) is 2.70. The number of amides is 1. The van der Waals surface area contributed by atoms with Crippen LogP contribution < -0.4 is 5.32 Å². The van der Waals surface area contributed by atoms with Crippen molar-refractivity contribution in [3.63, 3.8) is 0 Å². The first-order valence-corrected chi connectivity index (χ1v) is 6.49. The van der Waals surface area contributed by atoms with Gasteiger partial charge in [-0.3, -0.25) is 4.79 Å². The van der Waals surface area contributed by atoms with Gasteiger partial charge in [0, 0.05) is 0 Å². The molecular weight excluding hydrogens is 284 g/mol. The second-order valence-corrected chi connectivity index (χ2v) is 4.32. The highest BCUT2D eigenvalue weighted by Crippen LogP contribution is 2.14. The maximum Gasteiger partial charge on any atom is 0.337 e. The van der Waals surface area contributed by atoms with Crippen LogP contribution in [-0.4, -0.2) is 29.8 Å². The maximum absolute atomic E-state index is 11.7. The number of nitrogens with zero attached hydrogens (tertiary/aromatic N) is 1. The van der Waals surface area contributed by atoms with E-state index in [0.29, 0.717) is 0 Å². The van der Waals surface area contributed by atoms with Crippen molar-refractivity contribution in [3.05, 3.63) is 65.7 Å². The Balaban J connectivity index is 1.86. The van der Waals surface area contributed by atoms with Gasteiger partial charge in [-0.25, -0.2) is 4.79 Å². The highest BCUT2D eigenvalue weighted by atomic mass is 16.6. The fourth-order valence-corrected chi connectivity index (χ4v) is 1.70. The van der Waals surface area contributed by atoms with Crippen LogP contribution in [0.4, 0.5) is 5.69 Å². The molecule has 2 aromatic carbocycles. The van der Waals surface area contributed by atoms with Gasteiger partial charge in [-0.15, -0.1) is 0 Å². The van der Waals surface area contributed by atoms with E-state index in [1.165, 1.54) is 18.3 Å². The third-order valence-corrected chi connectivity index (χ3v) is 2.70. The summed E-state index contributed by atoms with van der Waals surface area (Å²) < 4.78 is 0. The first-order valence-electron chi connectivity index (χ1n) is 6.49. The highest BCUT2D eigenvalue weighted by Gasteiger charge is 2.11. The predicted molar refractivity (Wildman–Crippen MR) is 82.0 cm³/mol. The number of benzene rings is 2. The van der Waals surface area contributed by atoms with Crippen molar-refractivity contribution in [1.82, 2.24) is 0 Å². The van der Waals surface area contributed by atoms with Crippen LogP contribution in [0.5, 0.6) is 0 Å². The molecular formula is C16H14N2O4. The Morgan fingerprint density at radius 1 is 1.09 bits per heavy atom. The van der Waals surface area contributed by atoms with E-state index in [2.05, 4.69) is 10.5 Å². The van der Waals surface area contributed by atoms with Gasteiger partial charge >= 0.3 is 5.97 Å². The van der Waals surface area contributed by atoms with Crippen LogP contribution in [0, 0.1) is 0 Å². The molecule has 22 heavy (non-hydrogen) atoms. The molecule has 2 rings (SSSR count). The molecule has 2 N–H and O–H groups in total. The number of hydrogen-bond acceptors (Lipinski definition) is 4. The lowest BCUT2D eigenvalue weighted by atomic mass is 10.2.